The molecular formula is C31H37Cl2F2IN6O2S. The van der Waals surface area contributed by atoms with Gasteiger partial charge in [-0.3, -0.25) is 0 Å². The maximum Gasteiger partial charge on any atom is 0.244 e. The monoisotopic (exact) mass is 792 g/mol. The number of rotatable bonds is 7. The maximum atomic E-state index is 14.5. The van der Waals surface area contributed by atoms with Gasteiger partial charge < -0.3 is 38.7 Å². The molecule has 45 heavy (non-hydrogen) atoms. The zero-order valence-corrected chi connectivity index (χ0v) is 29.6. The van der Waals surface area contributed by atoms with Gasteiger partial charge in [0.05, 0.1) is 41.9 Å². The second-order valence-corrected chi connectivity index (χ2v) is 14.9. The second kappa shape index (κ2) is 14.1. The first kappa shape index (κ1) is 34.5. The van der Waals surface area contributed by atoms with Gasteiger partial charge in [0.25, 0.3) is 0 Å². The van der Waals surface area contributed by atoms with Crippen LogP contribution < -0.4 is 34.2 Å². The molecule has 6 rings (SSSR count). The van der Waals surface area contributed by atoms with E-state index in [-0.39, 0.29) is 64.1 Å². The molecule has 4 heterocycles. The number of fused-ring (bicyclic) bond motifs is 1. The third-order valence-electron chi connectivity index (χ3n) is 9.48. The molecule has 3 aliphatic rings. The Hall–Kier alpha value is -1.84. The van der Waals surface area contributed by atoms with Crippen LogP contribution in [0.15, 0.2) is 41.3 Å². The molecule has 0 atom stereocenters. The molecule has 0 saturated carbocycles. The molecule has 0 amide bonds. The van der Waals surface area contributed by atoms with E-state index >= 15 is 0 Å². The van der Waals surface area contributed by atoms with Gasteiger partial charge in [0.1, 0.15) is 22.3 Å². The van der Waals surface area contributed by atoms with Gasteiger partial charge in [-0.25, -0.2) is 22.2 Å². The van der Waals surface area contributed by atoms with E-state index in [0.29, 0.717) is 29.8 Å². The molecule has 8 nitrogen and oxygen atoms in total. The minimum atomic E-state index is -3.99. The van der Waals surface area contributed by atoms with Crippen LogP contribution in [0.2, 0.25) is 10.0 Å². The van der Waals surface area contributed by atoms with Gasteiger partial charge in [0.2, 0.25) is 16.0 Å². The van der Waals surface area contributed by atoms with Crippen LogP contribution in [0, 0.1) is 11.6 Å². The summed E-state index contributed by atoms with van der Waals surface area (Å²) in [5, 5.41) is 3.34. The summed E-state index contributed by atoms with van der Waals surface area (Å²) in [7, 11) is -1.60. The smallest absolute Gasteiger partial charge is 0.244 e. The Morgan fingerprint density at radius 1 is 1.02 bits per heavy atom. The summed E-state index contributed by atoms with van der Waals surface area (Å²) < 4.78 is 57.9. The number of nitrogens with zero attached hydrogens (tertiary/aromatic N) is 5. The third kappa shape index (κ3) is 7.20. The Kier molecular flexibility index (Phi) is 10.8. The highest BCUT2D eigenvalue weighted by Gasteiger charge is 2.38. The van der Waals surface area contributed by atoms with Crippen LogP contribution >= 0.6 is 23.2 Å². The second-order valence-electron chi connectivity index (χ2n) is 12.2. The molecule has 14 heteroatoms. The quantitative estimate of drug-likeness (QED) is 0.293. The summed E-state index contributed by atoms with van der Waals surface area (Å²) in [5.41, 5.74) is 1.63. The van der Waals surface area contributed by atoms with Crippen molar-refractivity contribution in [2.45, 2.75) is 62.6 Å². The molecule has 1 aromatic heterocycles. The van der Waals surface area contributed by atoms with Crippen molar-refractivity contribution >= 4 is 45.0 Å². The normalized spacial score (nSPS) is 19.1. The van der Waals surface area contributed by atoms with Crippen LogP contribution in [0.4, 0.5) is 20.5 Å². The molecule has 0 bridgehead atoms. The molecule has 0 aliphatic carbocycles. The lowest BCUT2D eigenvalue weighted by atomic mass is 9.97. The number of sulfonamides is 1. The van der Waals surface area contributed by atoms with Crippen molar-refractivity contribution in [3.05, 3.63) is 74.9 Å². The summed E-state index contributed by atoms with van der Waals surface area (Å²) in [6.45, 7) is 4.38. The molecule has 0 unspecified atom stereocenters. The van der Waals surface area contributed by atoms with Gasteiger partial charge >= 0.3 is 0 Å². The highest BCUT2D eigenvalue weighted by atomic mass is 127. The number of likely N-dealkylation sites (tertiary alicyclic amines) is 1. The molecule has 3 aliphatic heterocycles. The van der Waals surface area contributed by atoms with Crippen molar-refractivity contribution in [2.75, 3.05) is 50.0 Å². The highest BCUT2D eigenvalue weighted by Crippen LogP contribution is 2.35. The standard InChI is InChI=1S/C31H37Cl2F2N6O2S.HI/c1-41(16-3-2-4-17-41)23-10-13-39(14-11-23)31-37-27-12-15-40(44(42,43)28-7-5-6-25(32)29(28)33)20-24(27)30(38-31)36-19-21-8-9-22(34)18-26(21)35;/h5-9,18,23H,2-4,10-17,19-20H2,1H3,(H,36,37,38);1H/q+1;/p-1. The van der Waals surface area contributed by atoms with Crippen molar-refractivity contribution < 1.29 is 45.7 Å². The van der Waals surface area contributed by atoms with Gasteiger partial charge in [-0.2, -0.15) is 9.29 Å². The summed E-state index contributed by atoms with van der Waals surface area (Å²) in [5.74, 6) is -0.308. The molecule has 0 spiro atoms. The van der Waals surface area contributed by atoms with Crippen molar-refractivity contribution in [3.8, 4) is 0 Å². The molecule has 2 saturated heterocycles. The summed E-state index contributed by atoms with van der Waals surface area (Å²) >= 11 is 12.4. The van der Waals surface area contributed by atoms with Crippen LogP contribution in [-0.4, -0.2) is 73.0 Å². The summed E-state index contributed by atoms with van der Waals surface area (Å²) in [6, 6.07) is 8.58. The Morgan fingerprint density at radius 3 is 2.47 bits per heavy atom. The number of quaternary nitrogens is 1. The Morgan fingerprint density at radius 2 is 1.76 bits per heavy atom. The van der Waals surface area contributed by atoms with Crippen LogP contribution in [0.25, 0.3) is 0 Å². The molecule has 1 N–H and O–H groups in total. The maximum absolute atomic E-state index is 14.5. The van der Waals surface area contributed by atoms with Crippen molar-refractivity contribution in [1.82, 2.24) is 14.3 Å². The zero-order valence-electron chi connectivity index (χ0n) is 25.1. The molecule has 3 aromatic rings. The summed E-state index contributed by atoms with van der Waals surface area (Å²) in [4.78, 5) is 11.9. The van der Waals surface area contributed by atoms with E-state index in [1.165, 1.54) is 60.9 Å². The number of anilines is 2. The van der Waals surface area contributed by atoms with E-state index in [1.54, 1.807) is 6.07 Å². The average molecular weight is 794 g/mol. The first-order valence-electron chi connectivity index (χ1n) is 15.2. The first-order chi connectivity index (χ1) is 21.0. The molecule has 244 valence electrons. The number of aromatic nitrogens is 2. The van der Waals surface area contributed by atoms with Crippen molar-refractivity contribution in [1.29, 1.82) is 0 Å². The van der Waals surface area contributed by atoms with Crippen molar-refractivity contribution in [3.63, 3.8) is 0 Å². The van der Waals surface area contributed by atoms with E-state index in [1.807, 2.05) is 0 Å². The van der Waals surface area contributed by atoms with Gasteiger partial charge in [0, 0.05) is 69.2 Å². The number of halogens is 5. The van der Waals surface area contributed by atoms with Gasteiger partial charge in [-0.15, -0.1) is 0 Å². The molecule has 0 radical (unpaired) electrons. The Labute approximate surface area is 290 Å². The topological polar surface area (TPSA) is 78.4 Å². The Balaban J connectivity index is 0.00000400. The van der Waals surface area contributed by atoms with Gasteiger partial charge in [0.15, 0.2) is 0 Å². The van der Waals surface area contributed by atoms with E-state index in [0.717, 1.165) is 42.2 Å². The third-order valence-corrected chi connectivity index (χ3v) is 12.3. The van der Waals surface area contributed by atoms with E-state index < -0.39 is 21.7 Å². The fourth-order valence-electron chi connectivity index (χ4n) is 6.82. The number of hydrogen-bond acceptors (Lipinski definition) is 6. The number of hydrogen-bond donors (Lipinski definition) is 1. The lowest BCUT2D eigenvalue weighted by Gasteiger charge is -2.47. The first-order valence-corrected chi connectivity index (χ1v) is 17.4. The zero-order chi connectivity index (χ0) is 31.1. The van der Waals surface area contributed by atoms with E-state index in [9.17, 15) is 17.2 Å². The molecule has 2 fully saturated rings. The lowest BCUT2D eigenvalue weighted by molar-refractivity contribution is -0.938. The average Bonchev–Trinajstić information content (AvgIpc) is 3.02. The number of benzene rings is 2. The molecule has 2 aromatic carbocycles. The lowest BCUT2D eigenvalue weighted by Crippen LogP contribution is -3.00. The van der Waals surface area contributed by atoms with Crippen LogP contribution in [0.1, 0.15) is 48.9 Å². The van der Waals surface area contributed by atoms with Gasteiger partial charge in [-0.1, -0.05) is 35.3 Å². The fourth-order valence-corrected chi connectivity index (χ4v) is 8.97. The SMILES string of the molecule is C[N+]1(C2CCN(c3nc4c(c(NCc5ccc(F)cc5F)n3)CN(S(=O)(=O)c3cccc(Cl)c3Cl)CC4)CC2)CCCCC1.[I-]. The minimum Gasteiger partial charge on any atom is -1.00 e. The summed E-state index contributed by atoms with van der Waals surface area (Å²) in [6.07, 6.45) is 6.35. The van der Waals surface area contributed by atoms with Crippen molar-refractivity contribution in [2.24, 2.45) is 0 Å². The predicted molar refractivity (Wildman–Crippen MR) is 168 cm³/mol. The highest BCUT2D eigenvalue weighted by molar-refractivity contribution is 7.89. The van der Waals surface area contributed by atoms with Gasteiger partial charge in [-0.05, 0) is 37.5 Å². The van der Waals surface area contributed by atoms with Crippen LogP contribution in [0.3, 0.4) is 0 Å². The number of piperidine rings is 2. The fraction of sp³-hybridized carbons (Fsp3) is 0.484. The number of nitrogens with one attached hydrogen (secondary N) is 1. The Bertz CT molecular complexity index is 1650. The predicted octanol–water partition coefficient (Wildman–Crippen LogP) is 3.02. The molecular weight excluding hydrogens is 756 g/mol. The van der Waals surface area contributed by atoms with E-state index in [2.05, 4.69) is 17.3 Å². The van der Waals surface area contributed by atoms with Crippen LogP contribution in [0.5, 0.6) is 0 Å². The largest absolute Gasteiger partial charge is 1.00 e. The van der Waals surface area contributed by atoms with E-state index in [4.69, 9.17) is 33.2 Å². The minimum absolute atomic E-state index is 0. The van der Waals surface area contributed by atoms with Crippen LogP contribution in [-0.2, 0) is 29.5 Å².